The van der Waals surface area contributed by atoms with Crippen LogP contribution in [0.15, 0.2) is 40.9 Å². The topological polar surface area (TPSA) is 55.1 Å². The van der Waals surface area contributed by atoms with Gasteiger partial charge in [0, 0.05) is 27.3 Å². The number of hydrogen-bond donors (Lipinski definition) is 2. The van der Waals surface area contributed by atoms with Gasteiger partial charge in [-0.1, -0.05) is 39.7 Å². The van der Waals surface area contributed by atoms with Gasteiger partial charge in [-0.15, -0.1) is 0 Å². The van der Waals surface area contributed by atoms with Crippen molar-refractivity contribution in [3.8, 4) is 0 Å². The molecule has 2 rings (SSSR count). The summed E-state index contributed by atoms with van der Waals surface area (Å²) in [6.45, 7) is 2.40. The summed E-state index contributed by atoms with van der Waals surface area (Å²) in [4.78, 5) is 12.2. The van der Waals surface area contributed by atoms with Crippen molar-refractivity contribution in [1.82, 2.24) is 5.32 Å². The second-order valence-corrected chi connectivity index (χ2v) is 6.15. The van der Waals surface area contributed by atoms with Crippen LogP contribution in [0.5, 0.6) is 0 Å². The molecule has 0 aliphatic rings. The maximum atomic E-state index is 12.2. The van der Waals surface area contributed by atoms with E-state index in [1.807, 2.05) is 31.2 Å². The number of rotatable bonds is 4. The van der Waals surface area contributed by atoms with Gasteiger partial charge in [-0.3, -0.25) is 4.79 Å². The lowest BCUT2D eigenvalue weighted by Gasteiger charge is -2.10. The molecule has 0 bridgehead atoms. The molecule has 0 heterocycles. The van der Waals surface area contributed by atoms with Gasteiger partial charge in [0.15, 0.2) is 0 Å². The van der Waals surface area contributed by atoms with Crippen LogP contribution in [0.3, 0.4) is 0 Å². The van der Waals surface area contributed by atoms with E-state index in [4.69, 9.17) is 17.3 Å². The van der Waals surface area contributed by atoms with Gasteiger partial charge in [0.2, 0.25) is 0 Å². The van der Waals surface area contributed by atoms with Crippen molar-refractivity contribution in [2.45, 2.75) is 13.3 Å². The largest absolute Gasteiger partial charge is 0.398 e. The first-order chi connectivity index (χ1) is 9.97. The van der Waals surface area contributed by atoms with E-state index in [-0.39, 0.29) is 5.91 Å². The highest BCUT2D eigenvalue weighted by atomic mass is 79.9. The Bertz CT molecular complexity index is 656. The van der Waals surface area contributed by atoms with Crippen LogP contribution in [-0.2, 0) is 6.42 Å². The minimum atomic E-state index is -0.116. The zero-order valence-electron chi connectivity index (χ0n) is 11.6. The summed E-state index contributed by atoms with van der Waals surface area (Å²) in [7, 11) is 0. The molecule has 1 amide bonds. The fraction of sp³-hybridized carbons (Fsp3) is 0.188. The maximum absolute atomic E-state index is 12.2. The molecule has 2 aromatic carbocycles. The molecule has 3 N–H and O–H groups in total. The second-order valence-electron chi connectivity index (χ2n) is 4.80. The van der Waals surface area contributed by atoms with Crippen LogP contribution in [0.4, 0.5) is 5.69 Å². The minimum absolute atomic E-state index is 0.116. The second kappa shape index (κ2) is 6.96. The summed E-state index contributed by atoms with van der Waals surface area (Å²) >= 11 is 9.19. The zero-order valence-corrected chi connectivity index (χ0v) is 14.0. The third-order valence-corrected chi connectivity index (χ3v) is 3.98. The van der Waals surface area contributed by atoms with Crippen LogP contribution in [0.2, 0.25) is 5.02 Å². The fourth-order valence-corrected chi connectivity index (χ4v) is 2.60. The Morgan fingerprint density at radius 1 is 1.29 bits per heavy atom. The molecule has 3 nitrogen and oxygen atoms in total. The Balaban J connectivity index is 1.97. The molecule has 0 radical (unpaired) electrons. The summed E-state index contributed by atoms with van der Waals surface area (Å²) in [6, 6.07) is 11.2. The van der Waals surface area contributed by atoms with Crippen molar-refractivity contribution in [1.29, 1.82) is 0 Å². The van der Waals surface area contributed by atoms with Crippen LogP contribution in [0.25, 0.3) is 0 Å². The average molecular weight is 368 g/mol. The number of halogens is 2. The molecule has 110 valence electrons. The lowest BCUT2D eigenvalue weighted by Crippen LogP contribution is -2.26. The highest BCUT2D eigenvalue weighted by Gasteiger charge is 2.11. The van der Waals surface area contributed by atoms with Crippen molar-refractivity contribution in [3.05, 3.63) is 62.6 Å². The first-order valence-corrected chi connectivity index (χ1v) is 7.72. The summed E-state index contributed by atoms with van der Waals surface area (Å²) in [5.74, 6) is -0.116. The van der Waals surface area contributed by atoms with Crippen LogP contribution < -0.4 is 11.1 Å². The van der Waals surface area contributed by atoms with E-state index in [0.29, 0.717) is 22.8 Å². The van der Waals surface area contributed by atoms with Gasteiger partial charge in [0.1, 0.15) is 0 Å². The zero-order chi connectivity index (χ0) is 15.4. The third-order valence-electron chi connectivity index (χ3n) is 3.27. The average Bonchev–Trinajstić information content (AvgIpc) is 2.44. The Morgan fingerprint density at radius 2 is 1.95 bits per heavy atom. The molecule has 0 aliphatic carbocycles. The molecule has 0 unspecified atom stereocenters. The molecule has 0 fully saturated rings. The smallest absolute Gasteiger partial charge is 0.251 e. The number of anilines is 1. The van der Waals surface area contributed by atoms with Crippen LogP contribution in [0.1, 0.15) is 21.5 Å². The van der Waals surface area contributed by atoms with Crippen LogP contribution in [0, 0.1) is 6.92 Å². The summed E-state index contributed by atoms with van der Waals surface area (Å²) < 4.78 is 0.799. The van der Waals surface area contributed by atoms with Crippen molar-refractivity contribution in [2.24, 2.45) is 0 Å². The molecule has 0 saturated heterocycles. The molecule has 0 spiro atoms. The Morgan fingerprint density at radius 3 is 2.62 bits per heavy atom. The van der Waals surface area contributed by atoms with Gasteiger partial charge >= 0.3 is 0 Å². The molecule has 0 saturated carbocycles. The van der Waals surface area contributed by atoms with Gasteiger partial charge in [0.25, 0.3) is 5.91 Å². The van der Waals surface area contributed by atoms with Gasteiger partial charge in [-0.25, -0.2) is 0 Å². The van der Waals surface area contributed by atoms with Gasteiger partial charge < -0.3 is 11.1 Å². The van der Waals surface area contributed by atoms with E-state index in [9.17, 15) is 4.79 Å². The quantitative estimate of drug-likeness (QED) is 0.804. The predicted octanol–water partition coefficient (Wildman–Crippen LogP) is 3.97. The van der Waals surface area contributed by atoms with E-state index in [0.717, 1.165) is 22.0 Å². The molecule has 0 aromatic heterocycles. The fourth-order valence-electron chi connectivity index (χ4n) is 2.00. The van der Waals surface area contributed by atoms with E-state index < -0.39 is 0 Å². The van der Waals surface area contributed by atoms with E-state index in [1.54, 1.807) is 12.1 Å². The highest BCUT2D eigenvalue weighted by Crippen LogP contribution is 2.22. The van der Waals surface area contributed by atoms with Crippen molar-refractivity contribution >= 4 is 39.1 Å². The molecule has 5 heteroatoms. The van der Waals surface area contributed by atoms with Gasteiger partial charge in [-0.2, -0.15) is 0 Å². The molecule has 21 heavy (non-hydrogen) atoms. The van der Waals surface area contributed by atoms with Crippen molar-refractivity contribution in [3.63, 3.8) is 0 Å². The highest BCUT2D eigenvalue weighted by molar-refractivity contribution is 9.10. The van der Waals surface area contributed by atoms with Gasteiger partial charge in [0.05, 0.1) is 0 Å². The lowest BCUT2D eigenvalue weighted by molar-refractivity contribution is 0.0953. The number of nitrogen functional groups attached to an aromatic ring is 1. The molecule has 0 atom stereocenters. The Labute approximate surface area is 137 Å². The van der Waals surface area contributed by atoms with Crippen molar-refractivity contribution < 1.29 is 4.79 Å². The molecule has 0 aliphatic heterocycles. The van der Waals surface area contributed by atoms with Crippen LogP contribution in [-0.4, -0.2) is 12.5 Å². The SMILES string of the molecule is Cc1c(N)cc(Br)cc1C(=O)NCCc1ccc(Cl)cc1. The van der Waals surface area contributed by atoms with Crippen LogP contribution >= 0.6 is 27.5 Å². The Hall–Kier alpha value is -1.52. The molecular formula is C16H16BrClN2O. The molecular weight excluding hydrogens is 352 g/mol. The van der Waals surface area contributed by atoms with Crippen molar-refractivity contribution in [2.75, 3.05) is 12.3 Å². The summed E-state index contributed by atoms with van der Waals surface area (Å²) in [5.41, 5.74) is 8.99. The first kappa shape index (κ1) is 15.9. The first-order valence-electron chi connectivity index (χ1n) is 6.55. The number of amides is 1. The lowest BCUT2D eigenvalue weighted by atomic mass is 10.1. The number of nitrogens with two attached hydrogens (primary N) is 1. The van der Waals surface area contributed by atoms with Gasteiger partial charge in [-0.05, 0) is 48.7 Å². The number of carbonyl (C=O) groups is 1. The van der Waals surface area contributed by atoms with E-state index in [2.05, 4.69) is 21.2 Å². The summed E-state index contributed by atoms with van der Waals surface area (Å²) in [6.07, 6.45) is 0.755. The number of carbonyl (C=O) groups excluding carboxylic acids is 1. The number of hydrogen-bond acceptors (Lipinski definition) is 2. The Kier molecular flexibility index (Phi) is 5.26. The predicted molar refractivity (Wildman–Crippen MR) is 90.8 cm³/mol. The minimum Gasteiger partial charge on any atom is -0.398 e. The summed E-state index contributed by atoms with van der Waals surface area (Å²) in [5, 5.41) is 3.62. The maximum Gasteiger partial charge on any atom is 0.251 e. The van der Waals surface area contributed by atoms with E-state index in [1.165, 1.54) is 0 Å². The van der Waals surface area contributed by atoms with E-state index >= 15 is 0 Å². The third kappa shape index (κ3) is 4.22. The monoisotopic (exact) mass is 366 g/mol. The normalized spacial score (nSPS) is 10.4. The molecule has 2 aromatic rings. The number of benzene rings is 2. The standard InChI is InChI=1S/C16H16BrClN2O/c1-10-14(8-12(17)9-15(10)19)16(21)20-7-6-11-2-4-13(18)5-3-11/h2-5,8-9H,6-7,19H2,1H3,(H,20,21). The number of nitrogens with one attached hydrogen (secondary N) is 1.